The van der Waals surface area contributed by atoms with Crippen LogP contribution in [0.5, 0.6) is 0 Å². The Hall–Kier alpha value is -0.130. The predicted octanol–water partition coefficient (Wildman–Crippen LogP) is 5.16. The van der Waals surface area contributed by atoms with E-state index in [9.17, 15) is 8.42 Å². The summed E-state index contributed by atoms with van der Waals surface area (Å²) in [6, 6.07) is -0.120. The standard InChI is InChI=1S/C19H41NO3S/c1-4-5-6-7-8-9-10-11-12-13-14-15-16-23-24(21,22)19(3)17-18(2)20/h18-19H,4-17,20H2,1-3H3. The summed E-state index contributed by atoms with van der Waals surface area (Å²) in [5.74, 6) is 0. The van der Waals surface area contributed by atoms with Crippen molar-refractivity contribution in [3.05, 3.63) is 0 Å². The van der Waals surface area contributed by atoms with E-state index in [1.54, 1.807) is 6.92 Å². The van der Waals surface area contributed by atoms with E-state index in [-0.39, 0.29) is 6.04 Å². The molecule has 0 aliphatic heterocycles. The minimum absolute atomic E-state index is 0.120. The van der Waals surface area contributed by atoms with Gasteiger partial charge in [0.1, 0.15) is 0 Å². The first-order valence-electron chi connectivity index (χ1n) is 10.0. The maximum Gasteiger partial charge on any atom is 0.270 e. The summed E-state index contributed by atoms with van der Waals surface area (Å²) in [5, 5.41) is -0.519. The first-order valence-corrected chi connectivity index (χ1v) is 11.5. The van der Waals surface area contributed by atoms with Gasteiger partial charge in [-0.25, -0.2) is 0 Å². The van der Waals surface area contributed by atoms with Gasteiger partial charge in [-0.15, -0.1) is 0 Å². The second-order valence-corrected chi connectivity index (χ2v) is 9.25. The van der Waals surface area contributed by atoms with Crippen molar-refractivity contribution in [2.75, 3.05) is 6.61 Å². The Morgan fingerprint density at radius 3 is 1.62 bits per heavy atom. The first kappa shape index (κ1) is 23.9. The average Bonchev–Trinajstić information content (AvgIpc) is 2.51. The molecule has 2 N–H and O–H groups in total. The molecule has 0 bridgehead atoms. The predicted molar refractivity (Wildman–Crippen MR) is 104 cm³/mol. The lowest BCUT2D eigenvalue weighted by molar-refractivity contribution is 0.299. The molecule has 5 heteroatoms. The molecule has 0 saturated heterocycles. The number of hydrogen-bond acceptors (Lipinski definition) is 4. The molecular formula is C19H41NO3S. The summed E-state index contributed by atoms with van der Waals surface area (Å²) < 4.78 is 28.9. The number of unbranched alkanes of at least 4 members (excludes halogenated alkanes) is 11. The molecule has 0 amide bonds. The number of rotatable bonds is 17. The third kappa shape index (κ3) is 14.2. The van der Waals surface area contributed by atoms with Gasteiger partial charge < -0.3 is 5.73 Å². The zero-order chi connectivity index (χ0) is 18.3. The molecule has 0 aliphatic carbocycles. The Balaban J connectivity index is 3.42. The molecule has 4 nitrogen and oxygen atoms in total. The second kappa shape index (κ2) is 15.2. The van der Waals surface area contributed by atoms with E-state index < -0.39 is 15.4 Å². The molecular weight excluding hydrogens is 322 g/mol. The fourth-order valence-corrected chi connectivity index (χ4v) is 4.00. The van der Waals surface area contributed by atoms with Crippen LogP contribution < -0.4 is 5.73 Å². The molecule has 0 aliphatic rings. The van der Waals surface area contributed by atoms with Gasteiger partial charge in [-0.1, -0.05) is 77.6 Å². The van der Waals surface area contributed by atoms with Gasteiger partial charge in [0.25, 0.3) is 10.1 Å². The highest BCUT2D eigenvalue weighted by molar-refractivity contribution is 7.87. The molecule has 0 spiro atoms. The van der Waals surface area contributed by atoms with Crippen LogP contribution in [0.2, 0.25) is 0 Å². The van der Waals surface area contributed by atoms with Gasteiger partial charge in [0.05, 0.1) is 11.9 Å². The van der Waals surface area contributed by atoms with E-state index in [0.717, 1.165) is 12.8 Å². The highest BCUT2D eigenvalue weighted by Gasteiger charge is 2.22. The van der Waals surface area contributed by atoms with Gasteiger partial charge in [-0.3, -0.25) is 4.18 Å². The SMILES string of the molecule is CCCCCCCCCCCCCCOS(=O)(=O)C(C)CC(C)N. The quantitative estimate of drug-likeness (QED) is 0.286. The molecule has 0 fully saturated rings. The maximum absolute atomic E-state index is 11.9. The van der Waals surface area contributed by atoms with E-state index in [1.807, 2.05) is 6.92 Å². The fraction of sp³-hybridized carbons (Fsp3) is 1.00. The molecule has 2 unspecified atom stereocenters. The number of hydrogen-bond donors (Lipinski definition) is 1. The Morgan fingerprint density at radius 2 is 1.21 bits per heavy atom. The molecule has 0 saturated carbocycles. The van der Waals surface area contributed by atoms with Crippen LogP contribution in [0.4, 0.5) is 0 Å². The van der Waals surface area contributed by atoms with Crippen LogP contribution in [-0.2, 0) is 14.3 Å². The van der Waals surface area contributed by atoms with E-state index in [1.165, 1.54) is 64.2 Å². The molecule has 146 valence electrons. The van der Waals surface area contributed by atoms with Crippen molar-refractivity contribution in [1.29, 1.82) is 0 Å². The Morgan fingerprint density at radius 1 is 0.792 bits per heavy atom. The van der Waals surface area contributed by atoms with Gasteiger partial charge in [-0.05, 0) is 26.7 Å². The molecule has 0 aromatic heterocycles. The van der Waals surface area contributed by atoms with Crippen LogP contribution in [0.15, 0.2) is 0 Å². The summed E-state index contributed by atoms with van der Waals surface area (Å²) >= 11 is 0. The van der Waals surface area contributed by atoms with E-state index >= 15 is 0 Å². The van der Waals surface area contributed by atoms with Gasteiger partial charge in [0.2, 0.25) is 0 Å². The van der Waals surface area contributed by atoms with E-state index in [0.29, 0.717) is 13.0 Å². The minimum Gasteiger partial charge on any atom is -0.328 e. The lowest BCUT2D eigenvalue weighted by atomic mass is 10.1. The molecule has 0 aromatic carbocycles. The summed E-state index contributed by atoms with van der Waals surface area (Å²) in [7, 11) is -3.45. The van der Waals surface area contributed by atoms with Crippen LogP contribution in [0.3, 0.4) is 0 Å². The van der Waals surface area contributed by atoms with E-state index in [2.05, 4.69) is 6.92 Å². The van der Waals surface area contributed by atoms with Crippen molar-refractivity contribution in [3.63, 3.8) is 0 Å². The zero-order valence-electron chi connectivity index (χ0n) is 16.3. The van der Waals surface area contributed by atoms with Crippen molar-refractivity contribution in [3.8, 4) is 0 Å². The molecule has 2 atom stereocenters. The lowest BCUT2D eigenvalue weighted by Crippen LogP contribution is -2.28. The number of nitrogens with two attached hydrogens (primary N) is 1. The monoisotopic (exact) mass is 363 g/mol. The van der Waals surface area contributed by atoms with Crippen molar-refractivity contribution in [1.82, 2.24) is 0 Å². The maximum atomic E-state index is 11.9. The highest BCUT2D eigenvalue weighted by atomic mass is 32.2. The normalized spacial score (nSPS) is 14.7. The average molecular weight is 364 g/mol. The third-order valence-electron chi connectivity index (χ3n) is 4.44. The molecule has 24 heavy (non-hydrogen) atoms. The van der Waals surface area contributed by atoms with Crippen molar-refractivity contribution in [2.45, 2.75) is 116 Å². The van der Waals surface area contributed by atoms with Crippen LogP contribution in [0.25, 0.3) is 0 Å². The first-order chi connectivity index (χ1) is 11.4. The van der Waals surface area contributed by atoms with Gasteiger partial charge in [0, 0.05) is 6.04 Å². The Bertz CT molecular complexity index is 369. The third-order valence-corrected chi connectivity index (χ3v) is 6.12. The van der Waals surface area contributed by atoms with E-state index in [4.69, 9.17) is 9.92 Å². The molecule has 0 rings (SSSR count). The van der Waals surface area contributed by atoms with Crippen LogP contribution in [0.1, 0.15) is 104 Å². The summed E-state index contributed by atoms with van der Waals surface area (Å²) in [4.78, 5) is 0. The van der Waals surface area contributed by atoms with Gasteiger partial charge in [0.15, 0.2) is 0 Å². The summed E-state index contributed by atoms with van der Waals surface area (Å²) in [6.45, 7) is 6.04. The van der Waals surface area contributed by atoms with Crippen molar-refractivity contribution in [2.24, 2.45) is 5.73 Å². The Labute approximate surface area is 151 Å². The van der Waals surface area contributed by atoms with Gasteiger partial charge in [-0.2, -0.15) is 8.42 Å². The molecule has 0 aromatic rings. The smallest absolute Gasteiger partial charge is 0.270 e. The van der Waals surface area contributed by atoms with Crippen LogP contribution >= 0.6 is 0 Å². The fourth-order valence-electron chi connectivity index (χ4n) is 2.88. The summed E-state index contributed by atoms with van der Waals surface area (Å²) in [5.41, 5.74) is 5.64. The minimum atomic E-state index is -3.45. The lowest BCUT2D eigenvalue weighted by Gasteiger charge is -2.14. The van der Waals surface area contributed by atoms with Gasteiger partial charge >= 0.3 is 0 Å². The Kier molecular flexibility index (Phi) is 15.1. The van der Waals surface area contributed by atoms with Crippen LogP contribution in [0, 0.1) is 0 Å². The largest absolute Gasteiger partial charge is 0.328 e. The second-order valence-electron chi connectivity index (χ2n) is 7.23. The molecule has 0 heterocycles. The van der Waals surface area contributed by atoms with Crippen LogP contribution in [-0.4, -0.2) is 26.3 Å². The zero-order valence-corrected chi connectivity index (χ0v) is 17.1. The highest BCUT2D eigenvalue weighted by Crippen LogP contribution is 2.13. The van der Waals surface area contributed by atoms with Crippen molar-refractivity contribution >= 4 is 10.1 Å². The summed E-state index contributed by atoms with van der Waals surface area (Å²) in [6.07, 6.45) is 15.6. The topological polar surface area (TPSA) is 69.4 Å². The molecule has 0 radical (unpaired) electrons. The van der Waals surface area contributed by atoms with Crippen molar-refractivity contribution < 1.29 is 12.6 Å².